The van der Waals surface area contributed by atoms with Gasteiger partial charge in [-0.1, -0.05) is 30.7 Å². The van der Waals surface area contributed by atoms with Crippen LogP contribution >= 0.6 is 0 Å². The number of hydrogen-bond donors (Lipinski definition) is 3. The number of ketones is 1. The van der Waals surface area contributed by atoms with Crippen molar-refractivity contribution in [1.82, 2.24) is 20.1 Å². The summed E-state index contributed by atoms with van der Waals surface area (Å²) in [6.45, 7) is 5.44. The minimum absolute atomic E-state index is 0.244. The molecular formula is C32H43N5O4. The molecule has 41 heavy (non-hydrogen) atoms. The highest BCUT2D eigenvalue weighted by Crippen LogP contribution is 2.35. The number of piperidine rings is 2. The monoisotopic (exact) mass is 561 g/mol. The van der Waals surface area contributed by atoms with Crippen LogP contribution in [0.1, 0.15) is 50.2 Å². The van der Waals surface area contributed by atoms with Crippen molar-refractivity contribution in [3.05, 3.63) is 59.8 Å². The number of carbonyl (C=O) groups excluding carboxylic acids is 2. The number of carbonyl (C=O) groups is 2. The highest BCUT2D eigenvalue weighted by molar-refractivity contribution is 6.00. The summed E-state index contributed by atoms with van der Waals surface area (Å²) in [7, 11) is 3.17. The molecule has 2 atom stereocenters. The fourth-order valence-corrected chi connectivity index (χ4v) is 6.67. The van der Waals surface area contributed by atoms with E-state index in [-0.39, 0.29) is 18.2 Å². The zero-order valence-corrected chi connectivity index (χ0v) is 24.4. The second-order valence-electron chi connectivity index (χ2n) is 11.3. The van der Waals surface area contributed by atoms with Gasteiger partial charge < -0.3 is 30.4 Å². The topological polar surface area (TPSA) is 113 Å². The minimum atomic E-state index is -1.54. The number of H-pyrrole nitrogens is 1. The number of aromatic nitrogens is 1. The first-order chi connectivity index (χ1) is 19.9. The van der Waals surface area contributed by atoms with Crippen molar-refractivity contribution in [3.63, 3.8) is 0 Å². The largest absolute Gasteiger partial charge is 0.493 e. The highest BCUT2D eigenvalue weighted by Gasteiger charge is 2.50. The molecule has 0 spiro atoms. The first-order valence-electron chi connectivity index (χ1n) is 14.7. The van der Waals surface area contributed by atoms with Crippen LogP contribution in [0.2, 0.25) is 0 Å². The average molecular weight is 562 g/mol. The Morgan fingerprint density at radius 1 is 1.02 bits per heavy atom. The zero-order chi connectivity index (χ0) is 29.0. The molecule has 2 aromatic carbocycles. The summed E-state index contributed by atoms with van der Waals surface area (Å²) in [6, 6.07) is 12.9. The molecule has 3 heterocycles. The molecule has 0 aliphatic carbocycles. The lowest BCUT2D eigenvalue weighted by Gasteiger charge is -2.46. The molecule has 1 amide bonds. The Labute approximate surface area is 242 Å². The van der Waals surface area contributed by atoms with E-state index in [0.29, 0.717) is 36.2 Å². The molecule has 0 saturated carbocycles. The van der Waals surface area contributed by atoms with Gasteiger partial charge in [-0.25, -0.2) is 0 Å². The number of likely N-dealkylation sites (tertiary alicyclic amines) is 2. The zero-order valence-electron chi connectivity index (χ0n) is 24.4. The molecule has 9 nitrogen and oxygen atoms in total. The molecule has 9 heteroatoms. The van der Waals surface area contributed by atoms with E-state index < -0.39 is 11.6 Å². The number of para-hydroxylation sites is 1. The van der Waals surface area contributed by atoms with E-state index >= 15 is 0 Å². The summed E-state index contributed by atoms with van der Waals surface area (Å²) >= 11 is 0. The summed E-state index contributed by atoms with van der Waals surface area (Å²) in [5.41, 5.74) is 8.00. The number of nitrogens with one attached hydrogen (secondary N) is 2. The normalized spacial score (nSPS) is 19.4. The molecule has 2 aliphatic heterocycles. The Kier molecular flexibility index (Phi) is 8.97. The minimum Gasteiger partial charge on any atom is -0.493 e. The number of nitrogens with two attached hydrogens (primary N) is 1. The molecule has 4 N–H and O–H groups in total. The lowest BCUT2D eigenvalue weighted by molar-refractivity contribution is -0.137. The number of ether oxygens (including phenoxy) is 2. The van der Waals surface area contributed by atoms with Crippen LogP contribution in [0.3, 0.4) is 0 Å². The van der Waals surface area contributed by atoms with E-state index in [4.69, 9.17) is 15.2 Å². The molecule has 0 radical (unpaired) electrons. The summed E-state index contributed by atoms with van der Waals surface area (Å²) in [6.07, 6.45) is 7.48. The fourth-order valence-electron chi connectivity index (χ4n) is 6.67. The van der Waals surface area contributed by atoms with Crippen LogP contribution in [0, 0.1) is 0 Å². The van der Waals surface area contributed by atoms with Gasteiger partial charge >= 0.3 is 0 Å². The van der Waals surface area contributed by atoms with Crippen LogP contribution in [0.4, 0.5) is 0 Å². The maximum atomic E-state index is 14.2. The van der Waals surface area contributed by atoms with E-state index in [1.54, 1.807) is 20.4 Å². The van der Waals surface area contributed by atoms with E-state index in [1.807, 2.05) is 42.5 Å². The third-order valence-electron chi connectivity index (χ3n) is 8.98. The predicted octanol–water partition coefficient (Wildman–Crippen LogP) is 3.56. The quantitative estimate of drug-likeness (QED) is 0.347. The Balaban J connectivity index is 1.44. The number of aromatic amines is 1. The number of amides is 1. The molecule has 0 bridgehead atoms. The van der Waals surface area contributed by atoms with Crippen molar-refractivity contribution in [2.75, 3.05) is 40.4 Å². The van der Waals surface area contributed by atoms with Gasteiger partial charge in [0.15, 0.2) is 17.3 Å². The summed E-state index contributed by atoms with van der Waals surface area (Å²) in [4.78, 5) is 35.7. The van der Waals surface area contributed by atoms with Crippen molar-refractivity contribution < 1.29 is 19.1 Å². The van der Waals surface area contributed by atoms with Gasteiger partial charge in [0, 0.05) is 48.3 Å². The van der Waals surface area contributed by atoms with Gasteiger partial charge in [0.2, 0.25) is 5.91 Å². The van der Waals surface area contributed by atoms with Crippen LogP contribution in [-0.2, 0) is 21.7 Å². The third-order valence-corrected chi connectivity index (χ3v) is 8.98. The molecule has 2 saturated heterocycles. The number of nitrogens with zero attached hydrogens (tertiary/aromatic N) is 2. The molecule has 2 fully saturated rings. The lowest BCUT2D eigenvalue weighted by atomic mass is 9.78. The molecule has 2 unspecified atom stereocenters. The summed E-state index contributed by atoms with van der Waals surface area (Å²) in [5.74, 6) is 0.700. The SMILES string of the molecule is COc1ccc(CNC(=O)C(N2CCC(N3CCCCC3)CC2)C(N)(C(C)=O)c2c[nH]c3ccccc23)cc1OC. The van der Waals surface area contributed by atoms with E-state index in [9.17, 15) is 9.59 Å². The molecule has 5 rings (SSSR count). The smallest absolute Gasteiger partial charge is 0.240 e. The first-order valence-corrected chi connectivity index (χ1v) is 14.7. The van der Waals surface area contributed by atoms with Gasteiger partial charge in [-0.05, 0) is 69.5 Å². The van der Waals surface area contributed by atoms with Gasteiger partial charge in [0.05, 0.1) is 14.2 Å². The molecular weight excluding hydrogens is 518 g/mol. The Morgan fingerprint density at radius 3 is 2.41 bits per heavy atom. The van der Waals surface area contributed by atoms with Crippen molar-refractivity contribution in [2.45, 2.75) is 63.2 Å². The van der Waals surface area contributed by atoms with Crippen LogP contribution in [-0.4, -0.2) is 79.0 Å². The summed E-state index contributed by atoms with van der Waals surface area (Å²) < 4.78 is 10.8. The van der Waals surface area contributed by atoms with Gasteiger partial charge in [0.25, 0.3) is 0 Å². The van der Waals surface area contributed by atoms with E-state index in [0.717, 1.165) is 42.4 Å². The Morgan fingerprint density at radius 2 is 1.73 bits per heavy atom. The predicted molar refractivity (Wildman–Crippen MR) is 160 cm³/mol. The van der Waals surface area contributed by atoms with Crippen molar-refractivity contribution in [2.24, 2.45) is 5.73 Å². The molecule has 2 aliphatic rings. The summed E-state index contributed by atoms with van der Waals surface area (Å²) in [5, 5.41) is 3.95. The Hall–Kier alpha value is -3.40. The maximum absolute atomic E-state index is 14.2. The van der Waals surface area contributed by atoms with Gasteiger partial charge in [-0.15, -0.1) is 0 Å². The second kappa shape index (κ2) is 12.6. The van der Waals surface area contributed by atoms with Gasteiger partial charge in [0.1, 0.15) is 11.6 Å². The molecule has 3 aromatic rings. The average Bonchev–Trinajstić information content (AvgIpc) is 3.45. The van der Waals surface area contributed by atoms with Crippen molar-refractivity contribution in [1.29, 1.82) is 0 Å². The fraction of sp³-hybridized carbons (Fsp3) is 0.500. The molecule has 1 aromatic heterocycles. The van der Waals surface area contributed by atoms with Crippen molar-refractivity contribution >= 4 is 22.6 Å². The number of benzene rings is 2. The van der Waals surface area contributed by atoms with Crippen LogP contribution in [0.5, 0.6) is 11.5 Å². The lowest BCUT2D eigenvalue weighted by Crippen LogP contribution is -2.67. The van der Waals surface area contributed by atoms with Crippen LogP contribution < -0.4 is 20.5 Å². The number of fused-ring (bicyclic) bond motifs is 1. The van der Waals surface area contributed by atoms with E-state index in [2.05, 4.69) is 20.1 Å². The molecule has 220 valence electrons. The maximum Gasteiger partial charge on any atom is 0.240 e. The van der Waals surface area contributed by atoms with Crippen LogP contribution in [0.15, 0.2) is 48.7 Å². The third kappa shape index (κ3) is 5.84. The number of Topliss-reactive ketones (excluding diaryl/α,β-unsaturated/α-hetero) is 1. The number of rotatable bonds is 10. The second-order valence-corrected chi connectivity index (χ2v) is 11.3. The highest BCUT2D eigenvalue weighted by atomic mass is 16.5. The van der Waals surface area contributed by atoms with Crippen molar-refractivity contribution in [3.8, 4) is 11.5 Å². The first kappa shape index (κ1) is 29.1. The standard InChI is InChI=1S/C32H43N5O4/c1-22(38)32(33,26-21-34-27-10-6-5-9-25(26)27)30(37-17-13-24(14-18-37)36-15-7-4-8-16-36)31(39)35-20-23-11-12-28(40-2)29(19-23)41-3/h5-6,9-12,19,21,24,30,34H,4,7-8,13-18,20,33H2,1-3H3,(H,35,39). The van der Waals surface area contributed by atoms with E-state index in [1.165, 1.54) is 26.2 Å². The van der Waals surface area contributed by atoms with Gasteiger partial charge in [-0.2, -0.15) is 0 Å². The number of hydrogen-bond acceptors (Lipinski definition) is 7. The Bertz CT molecular complexity index is 1360. The van der Waals surface area contributed by atoms with Gasteiger partial charge in [-0.3, -0.25) is 14.5 Å². The van der Waals surface area contributed by atoms with Crippen LogP contribution in [0.25, 0.3) is 10.9 Å². The number of methoxy groups -OCH3 is 2.